The van der Waals surface area contributed by atoms with Gasteiger partial charge in [0.05, 0.1) is 6.54 Å². The van der Waals surface area contributed by atoms with Crippen LogP contribution >= 0.6 is 0 Å². The lowest BCUT2D eigenvalue weighted by Crippen LogP contribution is -2.61. The summed E-state index contributed by atoms with van der Waals surface area (Å²) in [5.74, 6) is 2.23. The molecule has 0 aromatic carbocycles. The van der Waals surface area contributed by atoms with Gasteiger partial charge < -0.3 is 4.57 Å². The lowest BCUT2D eigenvalue weighted by molar-refractivity contribution is -0.0108. The summed E-state index contributed by atoms with van der Waals surface area (Å²) in [6.45, 7) is 6.23. The average molecular weight is 260 g/mol. The Balaban J connectivity index is 1.38. The second kappa shape index (κ2) is 4.32. The molecule has 0 amide bonds. The quantitative estimate of drug-likeness (QED) is 0.819. The van der Waals surface area contributed by atoms with Gasteiger partial charge in [0.15, 0.2) is 0 Å². The highest BCUT2D eigenvalue weighted by Crippen LogP contribution is 2.42. The first kappa shape index (κ1) is 11.9. The van der Waals surface area contributed by atoms with E-state index in [2.05, 4.69) is 26.4 Å². The molecule has 0 radical (unpaired) electrons. The van der Waals surface area contributed by atoms with Crippen molar-refractivity contribution >= 4 is 0 Å². The molecule has 3 aliphatic rings. The maximum absolute atomic E-state index is 4.46. The van der Waals surface area contributed by atoms with Crippen LogP contribution in [0.3, 0.4) is 0 Å². The van der Waals surface area contributed by atoms with E-state index in [-0.39, 0.29) is 0 Å². The SMILES string of the molecule is Cn1ccnc1CN1CC[C@]2(CCN2CC2CC2)C1. The van der Waals surface area contributed by atoms with Gasteiger partial charge in [-0.25, -0.2) is 4.98 Å². The molecule has 1 aliphatic carbocycles. The third-order valence-electron chi connectivity index (χ3n) is 5.39. The summed E-state index contributed by atoms with van der Waals surface area (Å²) >= 11 is 0. The highest BCUT2D eigenvalue weighted by atomic mass is 15.3. The van der Waals surface area contributed by atoms with Gasteiger partial charge in [-0.1, -0.05) is 0 Å². The molecule has 4 heteroatoms. The number of rotatable bonds is 4. The minimum absolute atomic E-state index is 0.535. The Bertz CT molecular complexity index is 464. The third kappa shape index (κ3) is 2.11. The molecule has 3 fully saturated rings. The zero-order valence-corrected chi connectivity index (χ0v) is 11.9. The summed E-state index contributed by atoms with van der Waals surface area (Å²) < 4.78 is 2.15. The highest BCUT2D eigenvalue weighted by molar-refractivity contribution is 5.07. The fourth-order valence-electron chi connectivity index (χ4n) is 3.77. The summed E-state index contributed by atoms with van der Waals surface area (Å²) in [5.41, 5.74) is 0.535. The van der Waals surface area contributed by atoms with Crippen molar-refractivity contribution < 1.29 is 0 Å². The molecule has 104 valence electrons. The number of hydrogen-bond acceptors (Lipinski definition) is 3. The minimum atomic E-state index is 0.535. The van der Waals surface area contributed by atoms with Crippen LogP contribution in [0.4, 0.5) is 0 Å². The Morgan fingerprint density at radius 1 is 1.32 bits per heavy atom. The van der Waals surface area contributed by atoms with E-state index in [0.717, 1.165) is 12.5 Å². The van der Waals surface area contributed by atoms with Gasteiger partial charge in [0.2, 0.25) is 0 Å². The van der Waals surface area contributed by atoms with Crippen molar-refractivity contribution in [3.8, 4) is 0 Å². The fraction of sp³-hybridized carbons (Fsp3) is 0.800. The van der Waals surface area contributed by atoms with Gasteiger partial charge >= 0.3 is 0 Å². The van der Waals surface area contributed by atoms with Crippen molar-refractivity contribution in [2.24, 2.45) is 13.0 Å². The van der Waals surface area contributed by atoms with Gasteiger partial charge in [0.1, 0.15) is 5.82 Å². The number of aromatic nitrogens is 2. The first-order chi connectivity index (χ1) is 9.25. The van der Waals surface area contributed by atoms with Gasteiger partial charge in [-0.05, 0) is 31.6 Å². The summed E-state index contributed by atoms with van der Waals surface area (Å²) in [7, 11) is 2.09. The standard InChI is InChI=1S/C15H24N4/c1-17-9-6-16-14(17)11-18-7-4-15(12-18)5-8-19(15)10-13-2-3-13/h6,9,13H,2-5,7-8,10-12H2,1H3/t15-/m0/s1. The number of imidazole rings is 1. The van der Waals surface area contributed by atoms with E-state index in [1.807, 2.05) is 12.4 Å². The molecular weight excluding hydrogens is 236 g/mol. The lowest BCUT2D eigenvalue weighted by Gasteiger charge is -2.51. The van der Waals surface area contributed by atoms with Crippen LogP contribution in [-0.4, -0.2) is 51.1 Å². The number of nitrogens with zero attached hydrogens (tertiary/aromatic N) is 4. The van der Waals surface area contributed by atoms with Crippen LogP contribution in [-0.2, 0) is 13.6 Å². The molecule has 0 N–H and O–H groups in total. The molecule has 0 bridgehead atoms. The van der Waals surface area contributed by atoms with Crippen LogP contribution in [0, 0.1) is 5.92 Å². The van der Waals surface area contributed by atoms with Crippen molar-refractivity contribution in [1.29, 1.82) is 0 Å². The third-order valence-corrected chi connectivity index (χ3v) is 5.39. The maximum atomic E-state index is 4.46. The van der Waals surface area contributed by atoms with E-state index in [4.69, 9.17) is 0 Å². The molecule has 1 spiro atoms. The molecule has 1 atom stereocenters. The Labute approximate surface area is 115 Å². The van der Waals surface area contributed by atoms with Gasteiger partial charge in [-0.2, -0.15) is 0 Å². The van der Waals surface area contributed by atoms with E-state index in [1.165, 1.54) is 57.7 Å². The predicted molar refractivity (Wildman–Crippen MR) is 74.7 cm³/mol. The van der Waals surface area contributed by atoms with Crippen molar-refractivity contribution in [2.45, 2.75) is 37.8 Å². The van der Waals surface area contributed by atoms with Crippen LogP contribution in [0.15, 0.2) is 12.4 Å². The Morgan fingerprint density at radius 2 is 2.16 bits per heavy atom. The summed E-state index contributed by atoms with van der Waals surface area (Å²) in [6, 6.07) is 0. The van der Waals surface area contributed by atoms with Gasteiger partial charge in [-0.3, -0.25) is 9.80 Å². The molecule has 4 rings (SSSR count). The largest absolute Gasteiger partial charge is 0.337 e. The second-order valence-corrected chi connectivity index (χ2v) is 6.78. The van der Waals surface area contributed by atoms with Crippen LogP contribution in [0.25, 0.3) is 0 Å². The first-order valence-corrected chi connectivity index (χ1v) is 7.69. The molecule has 1 aromatic rings. The molecule has 0 unspecified atom stereocenters. The number of likely N-dealkylation sites (tertiary alicyclic amines) is 2. The molecule has 3 heterocycles. The Morgan fingerprint density at radius 3 is 2.79 bits per heavy atom. The molecule has 2 aliphatic heterocycles. The van der Waals surface area contributed by atoms with E-state index in [1.54, 1.807) is 0 Å². The minimum Gasteiger partial charge on any atom is -0.337 e. The summed E-state index contributed by atoms with van der Waals surface area (Å²) in [6.07, 6.45) is 9.68. The molecule has 4 nitrogen and oxygen atoms in total. The summed E-state index contributed by atoms with van der Waals surface area (Å²) in [4.78, 5) is 9.84. The fourth-order valence-corrected chi connectivity index (χ4v) is 3.77. The second-order valence-electron chi connectivity index (χ2n) is 6.78. The van der Waals surface area contributed by atoms with Gasteiger partial charge in [0.25, 0.3) is 0 Å². The van der Waals surface area contributed by atoms with Crippen molar-refractivity contribution in [3.63, 3.8) is 0 Å². The maximum Gasteiger partial charge on any atom is 0.122 e. The van der Waals surface area contributed by atoms with E-state index >= 15 is 0 Å². The molecule has 1 aromatic heterocycles. The average Bonchev–Trinajstić information content (AvgIpc) is 2.98. The van der Waals surface area contributed by atoms with Crippen molar-refractivity contribution in [3.05, 3.63) is 18.2 Å². The first-order valence-electron chi connectivity index (χ1n) is 7.69. The van der Waals surface area contributed by atoms with Crippen molar-refractivity contribution in [1.82, 2.24) is 19.4 Å². The van der Waals surface area contributed by atoms with Crippen molar-refractivity contribution in [2.75, 3.05) is 26.2 Å². The van der Waals surface area contributed by atoms with E-state index < -0.39 is 0 Å². The molecule has 19 heavy (non-hydrogen) atoms. The smallest absolute Gasteiger partial charge is 0.122 e. The number of aryl methyl sites for hydroxylation is 1. The zero-order chi connectivity index (χ0) is 12.9. The Hall–Kier alpha value is -0.870. The molecular formula is C15H24N4. The van der Waals surface area contributed by atoms with Crippen LogP contribution in [0.1, 0.15) is 31.5 Å². The molecule has 1 saturated carbocycles. The zero-order valence-electron chi connectivity index (χ0n) is 11.9. The predicted octanol–water partition coefficient (Wildman–Crippen LogP) is 1.48. The van der Waals surface area contributed by atoms with Crippen LogP contribution in [0.2, 0.25) is 0 Å². The molecule has 2 saturated heterocycles. The summed E-state index contributed by atoms with van der Waals surface area (Å²) in [5, 5.41) is 0. The monoisotopic (exact) mass is 260 g/mol. The topological polar surface area (TPSA) is 24.3 Å². The Kier molecular flexibility index (Phi) is 2.71. The van der Waals surface area contributed by atoms with Gasteiger partial charge in [0, 0.05) is 51.2 Å². The van der Waals surface area contributed by atoms with Crippen LogP contribution < -0.4 is 0 Å². The normalized spacial score (nSPS) is 32.1. The highest BCUT2D eigenvalue weighted by Gasteiger charge is 2.50. The van der Waals surface area contributed by atoms with Crippen LogP contribution in [0.5, 0.6) is 0 Å². The lowest BCUT2D eigenvalue weighted by atomic mass is 9.83. The van der Waals surface area contributed by atoms with E-state index in [0.29, 0.717) is 5.54 Å². The van der Waals surface area contributed by atoms with E-state index in [9.17, 15) is 0 Å². The van der Waals surface area contributed by atoms with Gasteiger partial charge in [-0.15, -0.1) is 0 Å². The number of hydrogen-bond donors (Lipinski definition) is 0.